The van der Waals surface area contributed by atoms with E-state index in [9.17, 15) is 18.8 Å². The first-order chi connectivity index (χ1) is 12.9. The Labute approximate surface area is 155 Å². The van der Waals surface area contributed by atoms with Gasteiger partial charge in [0.2, 0.25) is 11.6 Å². The Kier molecular flexibility index (Phi) is 3.95. The first-order valence-electron chi connectivity index (χ1n) is 8.68. The molecule has 0 bridgehead atoms. The summed E-state index contributed by atoms with van der Waals surface area (Å²) in [5.74, 6) is -1.28. The van der Waals surface area contributed by atoms with Crippen LogP contribution < -0.4 is 10.2 Å². The molecule has 0 aromatic heterocycles. The van der Waals surface area contributed by atoms with Crippen LogP contribution in [0.4, 0.5) is 10.1 Å². The molecule has 2 aliphatic heterocycles. The van der Waals surface area contributed by atoms with Crippen molar-refractivity contribution in [3.63, 3.8) is 0 Å². The second-order valence-corrected chi connectivity index (χ2v) is 6.74. The Morgan fingerprint density at radius 2 is 1.85 bits per heavy atom. The maximum absolute atomic E-state index is 13.2. The number of hydrogen-bond donors (Lipinski definition) is 1. The molecular weight excluding hydrogens is 349 g/mol. The van der Waals surface area contributed by atoms with E-state index in [1.807, 2.05) is 0 Å². The number of benzene rings is 2. The molecule has 0 aliphatic carbocycles. The monoisotopic (exact) mass is 367 g/mol. The Balaban J connectivity index is 1.69. The van der Waals surface area contributed by atoms with Gasteiger partial charge < -0.3 is 10.2 Å². The number of carbonyl (C=O) groups is 3. The van der Waals surface area contributed by atoms with Crippen molar-refractivity contribution in [1.82, 2.24) is 10.2 Å². The van der Waals surface area contributed by atoms with Crippen molar-refractivity contribution in [2.24, 2.45) is 0 Å². The van der Waals surface area contributed by atoms with Gasteiger partial charge in [0.1, 0.15) is 5.82 Å². The number of para-hydroxylation sites is 1. The molecule has 1 N–H and O–H groups in total. The van der Waals surface area contributed by atoms with Crippen molar-refractivity contribution < 1.29 is 18.8 Å². The third-order valence-corrected chi connectivity index (χ3v) is 5.27. The molecule has 2 aromatic carbocycles. The quantitative estimate of drug-likeness (QED) is 0.903. The zero-order valence-corrected chi connectivity index (χ0v) is 14.7. The molecule has 2 aromatic rings. The third kappa shape index (κ3) is 2.50. The van der Waals surface area contributed by atoms with Crippen LogP contribution in [-0.2, 0) is 16.1 Å². The van der Waals surface area contributed by atoms with Crippen molar-refractivity contribution >= 4 is 23.4 Å². The van der Waals surface area contributed by atoms with E-state index in [1.54, 1.807) is 43.4 Å². The number of amides is 3. The predicted octanol–water partition coefficient (Wildman–Crippen LogP) is 2.05. The molecular formula is C20H18FN3O3. The van der Waals surface area contributed by atoms with Gasteiger partial charge in [-0.2, -0.15) is 0 Å². The standard InChI is InChI=1S/C20H18FN3O3/c1-23-18(26)15-4-2-3-5-16(15)24-17(25)10-11-20(23,24)19(27)22-12-13-6-8-14(21)9-7-13/h2-9H,10-12H2,1H3,(H,22,27)/t20-/m1/s1. The highest BCUT2D eigenvalue weighted by Gasteiger charge is 2.59. The third-order valence-electron chi connectivity index (χ3n) is 5.27. The minimum atomic E-state index is -1.39. The van der Waals surface area contributed by atoms with Crippen LogP contribution in [-0.4, -0.2) is 35.3 Å². The lowest BCUT2D eigenvalue weighted by molar-refractivity contribution is -0.133. The molecule has 0 spiro atoms. The highest BCUT2D eigenvalue weighted by molar-refractivity contribution is 6.16. The highest BCUT2D eigenvalue weighted by Crippen LogP contribution is 2.43. The zero-order valence-electron chi connectivity index (χ0n) is 14.7. The van der Waals surface area contributed by atoms with E-state index in [-0.39, 0.29) is 37.0 Å². The first kappa shape index (κ1) is 17.2. The molecule has 3 amide bonds. The molecule has 1 atom stereocenters. The molecule has 7 heteroatoms. The summed E-state index contributed by atoms with van der Waals surface area (Å²) in [5, 5.41) is 2.80. The number of anilines is 1. The van der Waals surface area contributed by atoms with Gasteiger partial charge in [-0.3, -0.25) is 19.3 Å². The number of carbonyl (C=O) groups excluding carboxylic acids is 3. The summed E-state index contributed by atoms with van der Waals surface area (Å²) in [6.07, 6.45) is 0.396. The van der Waals surface area contributed by atoms with Crippen LogP contribution in [0.25, 0.3) is 0 Å². The van der Waals surface area contributed by atoms with E-state index in [0.29, 0.717) is 11.3 Å². The maximum Gasteiger partial charge on any atom is 0.267 e. The van der Waals surface area contributed by atoms with Crippen molar-refractivity contribution in [1.29, 1.82) is 0 Å². The van der Waals surface area contributed by atoms with Gasteiger partial charge in [-0.25, -0.2) is 4.39 Å². The van der Waals surface area contributed by atoms with E-state index in [2.05, 4.69) is 5.32 Å². The molecule has 1 fully saturated rings. The summed E-state index contributed by atoms with van der Waals surface area (Å²) < 4.78 is 13.1. The molecule has 2 heterocycles. The fraction of sp³-hybridized carbons (Fsp3) is 0.250. The molecule has 6 nitrogen and oxygen atoms in total. The SMILES string of the molecule is CN1C(=O)c2ccccc2N2C(=O)CC[C@@]12C(=O)NCc1ccc(F)cc1. The average molecular weight is 367 g/mol. The molecule has 0 unspecified atom stereocenters. The van der Waals surface area contributed by atoms with E-state index in [4.69, 9.17) is 0 Å². The number of rotatable bonds is 3. The fourth-order valence-corrected chi connectivity index (χ4v) is 3.85. The summed E-state index contributed by atoms with van der Waals surface area (Å²) in [4.78, 5) is 41.4. The van der Waals surface area contributed by atoms with E-state index >= 15 is 0 Å². The summed E-state index contributed by atoms with van der Waals surface area (Å²) in [7, 11) is 1.54. The van der Waals surface area contributed by atoms with Crippen molar-refractivity contribution in [2.45, 2.75) is 25.0 Å². The minimum absolute atomic E-state index is 0.173. The lowest BCUT2D eigenvalue weighted by Gasteiger charge is -2.47. The topological polar surface area (TPSA) is 69.7 Å². The molecule has 27 heavy (non-hydrogen) atoms. The van der Waals surface area contributed by atoms with Crippen LogP contribution in [0.15, 0.2) is 48.5 Å². The number of fused-ring (bicyclic) bond motifs is 3. The van der Waals surface area contributed by atoms with Crippen molar-refractivity contribution in [3.8, 4) is 0 Å². The zero-order chi connectivity index (χ0) is 19.2. The molecule has 0 saturated carbocycles. The second-order valence-electron chi connectivity index (χ2n) is 6.74. The van der Waals surface area contributed by atoms with Gasteiger partial charge in [-0.05, 0) is 29.8 Å². The van der Waals surface area contributed by atoms with Gasteiger partial charge in [0.05, 0.1) is 11.3 Å². The van der Waals surface area contributed by atoms with Crippen molar-refractivity contribution in [3.05, 3.63) is 65.5 Å². The Morgan fingerprint density at radius 3 is 2.59 bits per heavy atom. The largest absolute Gasteiger partial charge is 0.348 e. The lowest BCUT2D eigenvalue weighted by Crippen LogP contribution is -2.69. The van der Waals surface area contributed by atoms with E-state index in [1.165, 1.54) is 21.9 Å². The first-order valence-corrected chi connectivity index (χ1v) is 8.68. The van der Waals surface area contributed by atoms with Gasteiger partial charge in [0.25, 0.3) is 11.8 Å². The van der Waals surface area contributed by atoms with Gasteiger partial charge in [0.15, 0.2) is 0 Å². The summed E-state index contributed by atoms with van der Waals surface area (Å²) in [6.45, 7) is 0.173. The molecule has 4 rings (SSSR count). The average Bonchev–Trinajstić information content (AvgIpc) is 3.04. The molecule has 0 radical (unpaired) electrons. The lowest BCUT2D eigenvalue weighted by atomic mass is 9.96. The van der Waals surface area contributed by atoms with Gasteiger partial charge in [0, 0.05) is 26.4 Å². The van der Waals surface area contributed by atoms with Crippen LogP contribution in [0.3, 0.4) is 0 Å². The predicted molar refractivity (Wildman–Crippen MR) is 96.2 cm³/mol. The van der Waals surface area contributed by atoms with Crippen LogP contribution >= 0.6 is 0 Å². The normalized spacial score (nSPS) is 21.1. The van der Waals surface area contributed by atoms with Crippen LogP contribution in [0.5, 0.6) is 0 Å². The van der Waals surface area contributed by atoms with Gasteiger partial charge in [-0.1, -0.05) is 24.3 Å². The molecule has 138 valence electrons. The van der Waals surface area contributed by atoms with Gasteiger partial charge in [-0.15, -0.1) is 0 Å². The summed E-state index contributed by atoms with van der Waals surface area (Å²) >= 11 is 0. The van der Waals surface area contributed by atoms with Crippen LogP contribution in [0.1, 0.15) is 28.8 Å². The van der Waals surface area contributed by atoms with Crippen LogP contribution in [0.2, 0.25) is 0 Å². The smallest absolute Gasteiger partial charge is 0.267 e. The van der Waals surface area contributed by atoms with E-state index < -0.39 is 11.6 Å². The Morgan fingerprint density at radius 1 is 1.15 bits per heavy atom. The Bertz CT molecular complexity index is 944. The number of nitrogens with one attached hydrogen (secondary N) is 1. The number of nitrogens with zero attached hydrogens (tertiary/aromatic N) is 2. The van der Waals surface area contributed by atoms with Crippen LogP contribution in [0, 0.1) is 5.82 Å². The Hall–Kier alpha value is -3.22. The highest BCUT2D eigenvalue weighted by atomic mass is 19.1. The van der Waals surface area contributed by atoms with Gasteiger partial charge >= 0.3 is 0 Å². The number of hydrogen-bond acceptors (Lipinski definition) is 3. The second kappa shape index (κ2) is 6.19. The minimum Gasteiger partial charge on any atom is -0.348 e. The fourth-order valence-electron chi connectivity index (χ4n) is 3.85. The number of halogens is 1. The molecule has 1 saturated heterocycles. The number of likely N-dealkylation sites (N-methyl/N-ethyl adjacent to an activating group) is 1. The summed E-state index contributed by atoms with van der Waals surface area (Å²) in [5.41, 5.74) is 0.196. The summed E-state index contributed by atoms with van der Waals surface area (Å²) in [6, 6.07) is 12.6. The molecule has 2 aliphatic rings. The van der Waals surface area contributed by atoms with Crippen molar-refractivity contribution in [2.75, 3.05) is 11.9 Å². The maximum atomic E-state index is 13.2. The van der Waals surface area contributed by atoms with E-state index in [0.717, 1.165) is 5.56 Å².